The van der Waals surface area contributed by atoms with Gasteiger partial charge in [-0.2, -0.15) is 4.98 Å². The third-order valence-electron chi connectivity index (χ3n) is 4.20. The van der Waals surface area contributed by atoms with Crippen molar-refractivity contribution in [1.82, 2.24) is 9.55 Å². The number of fused-ring (bicyclic) bond motifs is 1. The minimum Gasteiger partial charge on any atom is -0.490 e. The van der Waals surface area contributed by atoms with Gasteiger partial charge in [-0.05, 0) is 41.3 Å². The maximum atomic E-state index is 13.6. The maximum Gasteiger partial charge on any atom is 0.316 e. The Morgan fingerprint density at radius 1 is 1.18 bits per heavy atom. The Balaban J connectivity index is 1.78. The summed E-state index contributed by atoms with van der Waals surface area (Å²) in [6, 6.07) is 11.0. The number of aromatic nitrogens is 2. The van der Waals surface area contributed by atoms with E-state index in [4.69, 9.17) is 4.74 Å². The van der Waals surface area contributed by atoms with Crippen molar-refractivity contribution in [2.75, 3.05) is 12.4 Å². The van der Waals surface area contributed by atoms with Crippen LogP contribution >= 0.6 is 11.3 Å². The number of thiophene rings is 1. The van der Waals surface area contributed by atoms with Gasteiger partial charge in [-0.1, -0.05) is 6.07 Å². The van der Waals surface area contributed by atoms with Crippen molar-refractivity contribution in [1.29, 1.82) is 0 Å². The van der Waals surface area contributed by atoms with Crippen LogP contribution in [0.2, 0.25) is 0 Å². The summed E-state index contributed by atoms with van der Waals surface area (Å²) in [5.41, 5.74) is 0.626. The Morgan fingerprint density at radius 2 is 1.96 bits per heavy atom. The van der Waals surface area contributed by atoms with E-state index >= 15 is 0 Å². The van der Waals surface area contributed by atoms with E-state index in [1.807, 2.05) is 29.6 Å². The van der Waals surface area contributed by atoms with Gasteiger partial charge in [-0.25, -0.2) is 8.78 Å². The van der Waals surface area contributed by atoms with E-state index in [0.29, 0.717) is 5.56 Å². The van der Waals surface area contributed by atoms with Gasteiger partial charge in [0.15, 0.2) is 0 Å². The van der Waals surface area contributed by atoms with Gasteiger partial charge in [-0.15, -0.1) is 11.3 Å². The molecule has 4 aromatic rings. The topological polar surface area (TPSA) is 56.1 Å². The highest BCUT2D eigenvalue weighted by atomic mass is 32.1. The van der Waals surface area contributed by atoms with Gasteiger partial charge < -0.3 is 14.6 Å². The SMILES string of the molecule is COc1cn(Cc2cc(F)cc(F)c2)c(Nc2cccc3sccc23)nc1=O. The number of anilines is 2. The molecular weight excluding hydrogens is 384 g/mol. The second-order valence-corrected chi connectivity index (χ2v) is 7.05. The fraction of sp³-hybridized carbons (Fsp3) is 0.100. The number of nitrogens with one attached hydrogen (secondary N) is 1. The number of methoxy groups -OCH3 is 1. The van der Waals surface area contributed by atoms with Crippen molar-refractivity contribution >= 4 is 33.1 Å². The smallest absolute Gasteiger partial charge is 0.316 e. The van der Waals surface area contributed by atoms with E-state index in [9.17, 15) is 13.6 Å². The average molecular weight is 399 g/mol. The van der Waals surface area contributed by atoms with Crippen LogP contribution in [-0.4, -0.2) is 16.7 Å². The lowest BCUT2D eigenvalue weighted by atomic mass is 10.2. The third kappa shape index (κ3) is 3.59. The monoisotopic (exact) mass is 399 g/mol. The van der Waals surface area contributed by atoms with Gasteiger partial charge in [0.2, 0.25) is 11.7 Å². The van der Waals surface area contributed by atoms with Crippen molar-refractivity contribution in [3.05, 3.63) is 81.6 Å². The predicted octanol–water partition coefficient (Wildman–Crippen LogP) is 4.54. The number of halogens is 2. The summed E-state index contributed by atoms with van der Waals surface area (Å²) in [5.74, 6) is -1.06. The molecule has 0 aliphatic carbocycles. The lowest BCUT2D eigenvalue weighted by molar-refractivity contribution is 0.402. The molecule has 8 heteroatoms. The molecule has 5 nitrogen and oxygen atoms in total. The van der Waals surface area contributed by atoms with Gasteiger partial charge in [0, 0.05) is 21.8 Å². The van der Waals surface area contributed by atoms with Crippen molar-refractivity contribution in [3.8, 4) is 5.75 Å². The largest absolute Gasteiger partial charge is 0.490 e. The molecule has 2 aromatic carbocycles. The Labute approximate surface area is 162 Å². The molecule has 0 spiro atoms. The fourth-order valence-electron chi connectivity index (χ4n) is 2.96. The van der Waals surface area contributed by atoms with Crippen LogP contribution in [0.3, 0.4) is 0 Å². The van der Waals surface area contributed by atoms with Crippen LogP contribution < -0.4 is 15.6 Å². The molecule has 1 N–H and O–H groups in total. The normalized spacial score (nSPS) is 11.0. The number of hydrogen-bond acceptors (Lipinski definition) is 5. The number of nitrogens with zero attached hydrogens (tertiary/aromatic N) is 2. The van der Waals surface area contributed by atoms with Crippen LogP contribution in [0.4, 0.5) is 20.4 Å². The predicted molar refractivity (Wildman–Crippen MR) is 106 cm³/mol. The second-order valence-electron chi connectivity index (χ2n) is 6.11. The molecule has 28 heavy (non-hydrogen) atoms. The molecule has 142 valence electrons. The first-order chi connectivity index (χ1) is 13.5. The summed E-state index contributed by atoms with van der Waals surface area (Å²) in [6.07, 6.45) is 1.47. The van der Waals surface area contributed by atoms with Crippen LogP contribution in [0.5, 0.6) is 5.75 Å². The van der Waals surface area contributed by atoms with Crippen molar-refractivity contribution in [3.63, 3.8) is 0 Å². The van der Waals surface area contributed by atoms with E-state index in [1.54, 1.807) is 15.9 Å². The number of benzene rings is 2. The van der Waals surface area contributed by atoms with Gasteiger partial charge in [0.1, 0.15) is 11.6 Å². The third-order valence-corrected chi connectivity index (χ3v) is 5.08. The summed E-state index contributed by atoms with van der Waals surface area (Å²) < 4.78 is 34.9. The fourth-order valence-corrected chi connectivity index (χ4v) is 3.77. The molecule has 0 aliphatic heterocycles. The second kappa shape index (κ2) is 7.40. The number of ether oxygens (including phenoxy) is 1. The first-order valence-corrected chi connectivity index (χ1v) is 9.25. The highest BCUT2D eigenvalue weighted by Crippen LogP contribution is 2.29. The minimum atomic E-state index is -0.673. The van der Waals surface area contributed by atoms with E-state index in [0.717, 1.165) is 21.8 Å². The van der Waals surface area contributed by atoms with Crippen LogP contribution in [-0.2, 0) is 6.54 Å². The summed E-state index contributed by atoms with van der Waals surface area (Å²) >= 11 is 1.60. The zero-order valence-corrected chi connectivity index (χ0v) is 15.6. The highest BCUT2D eigenvalue weighted by molar-refractivity contribution is 7.17. The molecule has 0 bridgehead atoms. The van der Waals surface area contributed by atoms with Crippen LogP contribution in [0.1, 0.15) is 5.56 Å². The van der Waals surface area contributed by atoms with Crippen LogP contribution in [0.25, 0.3) is 10.1 Å². The van der Waals surface area contributed by atoms with Crippen molar-refractivity contribution < 1.29 is 13.5 Å². The molecule has 0 saturated carbocycles. The molecule has 4 rings (SSSR count). The average Bonchev–Trinajstić information content (AvgIpc) is 3.13. The van der Waals surface area contributed by atoms with Gasteiger partial charge >= 0.3 is 5.56 Å². The summed E-state index contributed by atoms with van der Waals surface area (Å²) in [4.78, 5) is 16.2. The van der Waals surface area contributed by atoms with Crippen molar-refractivity contribution in [2.24, 2.45) is 0 Å². The van der Waals surface area contributed by atoms with Gasteiger partial charge in [0.25, 0.3) is 0 Å². The van der Waals surface area contributed by atoms with E-state index in [2.05, 4.69) is 10.3 Å². The lowest BCUT2D eigenvalue weighted by Crippen LogP contribution is -2.18. The Morgan fingerprint density at radius 3 is 2.71 bits per heavy atom. The van der Waals surface area contributed by atoms with Crippen LogP contribution in [0.15, 0.2) is 58.8 Å². The molecular formula is C20H15F2N3O2S. The molecule has 0 aliphatic rings. The van der Waals surface area contributed by atoms with E-state index in [-0.39, 0.29) is 18.2 Å². The highest BCUT2D eigenvalue weighted by Gasteiger charge is 2.12. The summed E-state index contributed by atoms with van der Waals surface area (Å²) in [7, 11) is 1.36. The summed E-state index contributed by atoms with van der Waals surface area (Å²) in [6.45, 7) is 0.0975. The van der Waals surface area contributed by atoms with Gasteiger partial charge in [0.05, 0.1) is 19.9 Å². The molecule has 0 unspecified atom stereocenters. The Kier molecular flexibility index (Phi) is 4.79. The zero-order valence-electron chi connectivity index (χ0n) is 14.8. The van der Waals surface area contributed by atoms with Crippen LogP contribution in [0, 0.1) is 11.6 Å². The van der Waals surface area contributed by atoms with Crippen molar-refractivity contribution in [2.45, 2.75) is 6.54 Å². The standard InChI is InChI=1S/C20H15F2N3O2S/c1-27-17-11-25(10-12-7-13(21)9-14(22)8-12)20(24-19(17)26)23-16-3-2-4-18-15(16)5-6-28-18/h2-9,11H,10H2,1H3,(H,23,24,26). The molecule has 0 radical (unpaired) electrons. The lowest BCUT2D eigenvalue weighted by Gasteiger charge is -2.16. The Bertz CT molecular complexity index is 1200. The molecule has 0 fully saturated rings. The van der Waals surface area contributed by atoms with E-state index in [1.165, 1.54) is 25.4 Å². The molecule has 0 amide bonds. The van der Waals surface area contributed by atoms with Gasteiger partial charge in [-0.3, -0.25) is 4.79 Å². The number of rotatable bonds is 5. The quantitative estimate of drug-likeness (QED) is 0.535. The van der Waals surface area contributed by atoms with E-state index < -0.39 is 17.2 Å². The first kappa shape index (κ1) is 18.1. The first-order valence-electron chi connectivity index (χ1n) is 8.37. The molecule has 2 heterocycles. The molecule has 2 aromatic heterocycles. The number of hydrogen-bond donors (Lipinski definition) is 1. The maximum absolute atomic E-state index is 13.6. The minimum absolute atomic E-state index is 0.0381. The Hall–Kier alpha value is -3.26. The summed E-state index contributed by atoms with van der Waals surface area (Å²) in [5, 5.41) is 6.12. The molecule has 0 atom stereocenters. The molecule has 0 saturated heterocycles. The zero-order chi connectivity index (χ0) is 19.7.